The highest BCUT2D eigenvalue weighted by molar-refractivity contribution is 7.91. The van der Waals surface area contributed by atoms with E-state index in [-0.39, 0.29) is 17.4 Å². The van der Waals surface area contributed by atoms with Gasteiger partial charge in [-0.25, -0.2) is 8.42 Å². The molecule has 0 aliphatic rings. The molecule has 0 amide bonds. The Morgan fingerprint density at radius 3 is 2.57 bits per heavy atom. The lowest BCUT2D eigenvalue weighted by Gasteiger charge is -2.20. The Labute approximate surface area is 134 Å². The van der Waals surface area contributed by atoms with Crippen molar-refractivity contribution in [3.63, 3.8) is 0 Å². The lowest BCUT2D eigenvalue weighted by molar-refractivity contribution is 0.503. The molecule has 0 radical (unpaired) electrons. The predicted molar refractivity (Wildman–Crippen MR) is 90.9 cm³/mol. The molecule has 1 unspecified atom stereocenters. The highest BCUT2D eigenvalue weighted by Gasteiger charge is 2.15. The Bertz CT molecular complexity index is 529. The number of benzene rings is 1. The van der Waals surface area contributed by atoms with Gasteiger partial charge in [0, 0.05) is 23.4 Å². The van der Waals surface area contributed by atoms with E-state index in [0.29, 0.717) is 12.5 Å². The first-order chi connectivity index (χ1) is 9.84. The van der Waals surface area contributed by atoms with E-state index < -0.39 is 9.84 Å². The zero-order valence-corrected chi connectivity index (χ0v) is 14.7. The highest BCUT2D eigenvalue weighted by Crippen LogP contribution is 2.24. The molecule has 1 N–H and O–H groups in total. The van der Waals surface area contributed by atoms with Crippen LogP contribution in [0.15, 0.2) is 24.3 Å². The van der Waals surface area contributed by atoms with Gasteiger partial charge in [0.25, 0.3) is 0 Å². The van der Waals surface area contributed by atoms with Gasteiger partial charge in [-0.05, 0) is 36.5 Å². The third-order valence-electron chi connectivity index (χ3n) is 3.54. The number of nitrogens with one attached hydrogen (secondary N) is 1. The molecule has 0 fully saturated rings. The van der Waals surface area contributed by atoms with Crippen LogP contribution >= 0.6 is 11.6 Å². The SMILES string of the molecule is CCS(=O)(=O)CCCC(CNC(C)C)c1cccc(Cl)c1. The second kappa shape index (κ2) is 8.76. The Hall–Kier alpha value is -0.580. The number of sulfone groups is 1. The van der Waals surface area contributed by atoms with Crippen LogP contribution in [0, 0.1) is 0 Å². The molecule has 21 heavy (non-hydrogen) atoms. The number of hydrogen-bond donors (Lipinski definition) is 1. The van der Waals surface area contributed by atoms with Crippen LogP contribution < -0.4 is 5.32 Å². The summed E-state index contributed by atoms with van der Waals surface area (Å²) in [5, 5.41) is 4.16. The summed E-state index contributed by atoms with van der Waals surface area (Å²) in [6.45, 7) is 6.75. The third kappa shape index (κ3) is 7.30. The van der Waals surface area contributed by atoms with E-state index in [1.807, 2.05) is 18.2 Å². The summed E-state index contributed by atoms with van der Waals surface area (Å²) in [5.74, 6) is 0.777. The van der Waals surface area contributed by atoms with E-state index in [1.54, 1.807) is 6.92 Å². The Morgan fingerprint density at radius 1 is 1.29 bits per heavy atom. The van der Waals surface area contributed by atoms with Crippen molar-refractivity contribution >= 4 is 21.4 Å². The van der Waals surface area contributed by atoms with Crippen LogP contribution in [-0.4, -0.2) is 32.5 Å². The molecule has 0 aliphatic heterocycles. The molecule has 0 saturated carbocycles. The first kappa shape index (κ1) is 18.5. The van der Waals surface area contributed by atoms with E-state index in [4.69, 9.17) is 11.6 Å². The van der Waals surface area contributed by atoms with Crippen molar-refractivity contribution in [2.24, 2.45) is 0 Å². The van der Waals surface area contributed by atoms with Crippen molar-refractivity contribution in [3.8, 4) is 0 Å². The molecular weight excluding hydrogens is 306 g/mol. The van der Waals surface area contributed by atoms with Gasteiger partial charge in [-0.3, -0.25) is 0 Å². The van der Waals surface area contributed by atoms with Crippen molar-refractivity contribution in [2.45, 2.75) is 45.6 Å². The van der Waals surface area contributed by atoms with Crippen LogP contribution in [0.25, 0.3) is 0 Å². The van der Waals surface area contributed by atoms with Crippen molar-refractivity contribution < 1.29 is 8.42 Å². The van der Waals surface area contributed by atoms with Crippen molar-refractivity contribution in [1.29, 1.82) is 0 Å². The summed E-state index contributed by atoms with van der Waals surface area (Å²) in [6.07, 6.45) is 1.53. The third-order valence-corrected chi connectivity index (χ3v) is 5.57. The highest BCUT2D eigenvalue weighted by atomic mass is 35.5. The van der Waals surface area contributed by atoms with Gasteiger partial charge < -0.3 is 5.32 Å². The van der Waals surface area contributed by atoms with Crippen LogP contribution in [0.4, 0.5) is 0 Å². The quantitative estimate of drug-likeness (QED) is 0.751. The monoisotopic (exact) mass is 331 g/mol. The Morgan fingerprint density at radius 2 is 2.00 bits per heavy atom. The van der Waals surface area contributed by atoms with Crippen molar-refractivity contribution in [1.82, 2.24) is 5.32 Å². The topological polar surface area (TPSA) is 46.2 Å². The second-order valence-corrected chi connectivity index (χ2v) is 8.60. The van der Waals surface area contributed by atoms with Crippen molar-refractivity contribution in [2.75, 3.05) is 18.1 Å². The lowest BCUT2D eigenvalue weighted by Crippen LogP contribution is -2.28. The molecule has 5 heteroatoms. The molecule has 0 spiro atoms. The minimum atomic E-state index is -2.88. The van der Waals surface area contributed by atoms with Gasteiger partial charge in [0.2, 0.25) is 0 Å². The number of halogens is 1. The van der Waals surface area contributed by atoms with Gasteiger partial charge in [0.1, 0.15) is 9.84 Å². The molecule has 1 aromatic rings. The molecule has 1 rings (SSSR count). The van der Waals surface area contributed by atoms with Crippen molar-refractivity contribution in [3.05, 3.63) is 34.9 Å². The van der Waals surface area contributed by atoms with Crippen LogP contribution in [0.1, 0.15) is 45.1 Å². The fraction of sp³-hybridized carbons (Fsp3) is 0.625. The smallest absolute Gasteiger partial charge is 0.150 e. The summed E-state index contributed by atoms with van der Waals surface area (Å²) in [6, 6.07) is 8.25. The average Bonchev–Trinajstić information content (AvgIpc) is 2.42. The summed E-state index contributed by atoms with van der Waals surface area (Å²) in [7, 11) is -2.88. The summed E-state index contributed by atoms with van der Waals surface area (Å²) < 4.78 is 23.2. The molecule has 0 bridgehead atoms. The van der Waals surface area contributed by atoms with E-state index in [2.05, 4.69) is 25.2 Å². The Kier molecular flexibility index (Phi) is 7.71. The molecule has 0 aliphatic carbocycles. The zero-order chi connectivity index (χ0) is 15.9. The maximum atomic E-state index is 11.6. The van der Waals surface area contributed by atoms with Gasteiger partial charge >= 0.3 is 0 Å². The van der Waals surface area contributed by atoms with Gasteiger partial charge in [0.15, 0.2) is 0 Å². The van der Waals surface area contributed by atoms with E-state index >= 15 is 0 Å². The van der Waals surface area contributed by atoms with Crippen LogP contribution in [0.2, 0.25) is 5.02 Å². The molecule has 1 aromatic carbocycles. The van der Waals surface area contributed by atoms with Gasteiger partial charge in [-0.2, -0.15) is 0 Å². The number of hydrogen-bond acceptors (Lipinski definition) is 3. The van der Waals surface area contributed by atoms with Gasteiger partial charge in [-0.1, -0.05) is 44.5 Å². The average molecular weight is 332 g/mol. The first-order valence-corrected chi connectivity index (χ1v) is 9.73. The second-order valence-electron chi connectivity index (χ2n) is 5.69. The van der Waals surface area contributed by atoms with Gasteiger partial charge in [-0.15, -0.1) is 0 Å². The molecule has 120 valence electrons. The predicted octanol–water partition coefficient (Wildman–Crippen LogP) is 3.64. The molecule has 1 atom stereocenters. The van der Waals surface area contributed by atoms with E-state index in [9.17, 15) is 8.42 Å². The van der Waals surface area contributed by atoms with E-state index in [1.165, 1.54) is 5.56 Å². The van der Waals surface area contributed by atoms with Gasteiger partial charge in [0.05, 0.1) is 5.75 Å². The molecule has 0 saturated heterocycles. The lowest BCUT2D eigenvalue weighted by atomic mass is 9.94. The largest absolute Gasteiger partial charge is 0.314 e. The molecule has 0 heterocycles. The Balaban J connectivity index is 2.69. The summed E-state index contributed by atoms with van der Waals surface area (Å²) in [5.41, 5.74) is 1.17. The normalized spacial score (nSPS) is 13.6. The maximum Gasteiger partial charge on any atom is 0.150 e. The maximum absolute atomic E-state index is 11.6. The molecule has 3 nitrogen and oxygen atoms in total. The fourth-order valence-electron chi connectivity index (χ4n) is 2.22. The summed E-state index contributed by atoms with van der Waals surface area (Å²) >= 11 is 6.06. The van der Waals surface area contributed by atoms with Crippen LogP contribution in [-0.2, 0) is 9.84 Å². The first-order valence-electron chi connectivity index (χ1n) is 7.53. The minimum Gasteiger partial charge on any atom is -0.314 e. The molecular formula is C16H26ClNO2S. The minimum absolute atomic E-state index is 0.221. The van der Waals surface area contributed by atoms with Crippen LogP contribution in [0.3, 0.4) is 0 Å². The summed E-state index contributed by atoms with van der Waals surface area (Å²) in [4.78, 5) is 0. The zero-order valence-electron chi connectivity index (χ0n) is 13.1. The molecule has 0 aromatic heterocycles. The van der Waals surface area contributed by atoms with E-state index in [0.717, 1.165) is 18.0 Å². The standard InChI is InChI=1S/C16H26ClNO2S/c1-4-21(19,20)10-6-8-15(12-18-13(2)3)14-7-5-9-16(17)11-14/h5,7,9,11,13,15,18H,4,6,8,10,12H2,1-3H3. The number of rotatable bonds is 9. The fourth-order valence-corrected chi connectivity index (χ4v) is 3.31. The van der Waals surface area contributed by atoms with Crippen LogP contribution in [0.5, 0.6) is 0 Å².